The van der Waals surface area contributed by atoms with Crippen LogP contribution in [0.15, 0.2) is 40.0 Å². The number of rotatable bonds is 6. The Morgan fingerprint density at radius 2 is 2.09 bits per heavy atom. The van der Waals surface area contributed by atoms with Crippen molar-refractivity contribution in [3.05, 3.63) is 46.3 Å². The highest BCUT2D eigenvalue weighted by Crippen LogP contribution is 2.08. The molecule has 2 aromatic rings. The summed E-state index contributed by atoms with van der Waals surface area (Å²) in [4.78, 5) is 11.2. The fraction of sp³-hybridized carbons (Fsp3) is 0.375. The predicted octanol–water partition coefficient (Wildman–Crippen LogP) is 3.08. The number of anilines is 1. The van der Waals surface area contributed by atoms with Gasteiger partial charge in [0.2, 0.25) is 0 Å². The van der Waals surface area contributed by atoms with Crippen LogP contribution in [0, 0.1) is 0 Å². The second kappa shape index (κ2) is 10.4. The lowest BCUT2D eigenvalue weighted by Crippen LogP contribution is -2.37. The number of halogens is 1. The summed E-state index contributed by atoms with van der Waals surface area (Å²) in [5.41, 5.74) is 2.22. The molecule has 0 fully saturated rings. The number of hydrogen-bond donors (Lipinski definition) is 2. The van der Waals surface area contributed by atoms with Gasteiger partial charge < -0.3 is 15.5 Å². The highest BCUT2D eigenvalue weighted by Gasteiger charge is 2.02. The van der Waals surface area contributed by atoms with Crippen LogP contribution in [-0.4, -0.2) is 31.6 Å². The zero-order chi connectivity index (χ0) is 15.8. The average molecular weight is 445 g/mol. The lowest BCUT2D eigenvalue weighted by molar-refractivity contribution is 0.798. The molecule has 0 spiro atoms. The van der Waals surface area contributed by atoms with E-state index in [0.717, 1.165) is 24.0 Å². The van der Waals surface area contributed by atoms with E-state index in [-0.39, 0.29) is 24.0 Å². The molecule has 5 nitrogen and oxygen atoms in total. The van der Waals surface area contributed by atoms with Gasteiger partial charge in [0, 0.05) is 20.6 Å². The van der Waals surface area contributed by atoms with Gasteiger partial charge in [0.25, 0.3) is 0 Å². The molecular formula is C16H24IN5S. The Morgan fingerprint density at radius 1 is 1.26 bits per heavy atom. The highest BCUT2D eigenvalue weighted by atomic mass is 127. The number of nitrogens with one attached hydrogen (secondary N) is 2. The molecule has 7 heteroatoms. The van der Waals surface area contributed by atoms with Gasteiger partial charge in [-0.05, 0) is 41.4 Å². The molecule has 0 aromatic carbocycles. The smallest absolute Gasteiger partial charge is 0.191 e. The molecule has 0 atom stereocenters. The van der Waals surface area contributed by atoms with E-state index >= 15 is 0 Å². The SMILES string of the molecule is CCNC(=NCc1ccsc1)NCc1cccc(N(C)C)n1.I. The van der Waals surface area contributed by atoms with E-state index in [1.54, 1.807) is 11.3 Å². The fourth-order valence-corrected chi connectivity index (χ4v) is 2.54. The number of aliphatic imine (C=N–C) groups is 1. The van der Waals surface area contributed by atoms with Crippen LogP contribution in [-0.2, 0) is 13.1 Å². The summed E-state index contributed by atoms with van der Waals surface area (Å²) in [6.45, 7) is 4.23. The van der Waals surface area contributed by atoms with Crippen molar-refractivity contribution in [1.29, 1.82) is 0 Å². The van der Waals surface area contributed by atoms with Crippen LogP contribution in [0.3, 0.4) is 0 Å². The van der Waals surface area contributed by atoms with Crippen LogP contribution in [0.1, 0.15) is 18.2 Å². The molecule has 0 radical (unpaired) electrons. The van der Waals surface area contributed by atoms with Gasteiger partial charge in [-0.3, -0.25) is 0 Å². The van der Waals surface area contributed by atoms with Crippen LogP contribution < -0.4 is 15.5 Å². The third-order valence-corrected chi connectivity index (χ3v) is 3.76. The Bertz CT molecular complexity index is 598. The maximum atomic E-state index is 4.60. The van der Waals surface area contributed by atoms with Gasteiger partial charge in [-0.25, -0.2) is 9.98 Å². The minimum absolute atomic E-state index is 0. The molecule has 0 aliphatic carbocycles. The molecule has 0 amide bonds. The van der Waals surface area contributed by atoms with Crippen molar-refractivity contribution in [2.45, 2.75) is 20.0 Å². The molecule has 0 saturated carbocycles. The zero-order valence-electron chi connectivity index (χ0n) is 13.7. The van der Waals surface area contributed by atoms with E-state index in [1.165, 1.54) is 5.56 Å². The van der Waals surface area contributed by atoms with Crippen molar-refractivity contribution in [3.8, 4) is 0 Å². The highest BCUT2D eigenvalue weighted by molar-refractivity contribution is 14.0. The first-order chi connectivity index (χ1) is 10.7. The summed E-state index contributed by atoms with van der Waals surface area (Å²) in [5, 5.41) is 10.8. The standard InChI is InChI=1S/C16H23N5S.HI/c1-4-17-16(18-10-13-8-9-22-12-13)19-11-14-6-5-7-15(20-14)21(2)3;/h5-9,12H,4,10-11H2,1-3H3,(H2,17,18,19);1H. The molecule has 0 aliphatic heterocycles. The molecule has 0 bridgehead atoms. The number of aromatic nitrogens is 1. The van der Waals surface area contributed by atoms with Crippen molar-refractivity contribution in [1.82, 2.24) is 15.6 Å². The molecule has 2 aromatic heterocycles. The number of hydrogen-bond acceptors (Lipinski definition) is 4. The third-order valence-electron chi connectivity index (χ3n) is 3.03. The van der Waals surface area contributed by atoms with Gasteiger partial charge in [-0.2, -0.15) is 11.3 Å². The average Bonchev–Trinajstić information content (AvgIpc) is 3.03. The van der Waals surface area contributed by atoms with Gasteiger partial charge in [-0.1, -0.05) is 6.07 Å². The molecule has 2 rings (SSSR count). The topological polar surface area (TPSA) is 52.6 Å². The first-order valence-electron chi connectivity index (χ1n) is 7.35. The molecular weight excluding hydrogens is 421 g/mol. The Hall–Kier alpha value is -1.35. The molecule has 23 heavy (non-hydrogen) atoms. The fourth-order valence-electron chi connectivity index (χ4n) is 1.88. The minimum Gasteiger partial charge on any atom is -0.363 e. The van der Waals surface area contributed by atoms with E-state index < -0.39 is 0 Å². The summed E-state index contributed by atoms with van der Waals surface area (Å²) in [6.07, 6.45) is 0. The van der Waals surface area contributed by atoms with Crippen molar-refractivity contribution >= 4 is 47.1 Å². The monoisotopic (exact) mass is 445 g/mol. The Kier molecular flexibility index (Phi) is 8.93. The van der Waals surface area contributed by atoms with E-state index in [9.17, 15) is 0 Å². The number of pyridine rings is 1. The number of nitrogens with zero attached hydrogens (tertiary/aromatic N) is 3. The maximum Gasteiger partial charge on any atom is 0.191 e. The second-order valence-electron chi connectivity index (χ2n) is 5.06. The summed E-state index contributed by atoms with van der Waals surface area (Å²) in [5.74, 6) is 1.77. The van der Waals surface area contributed by atoms with Crippen molar-refractivity contribution in [2.24, 2.45) is 4.99 Å². The normalized spacial score (nSPS) is 10.8. The zero-order valence-corrected chi connectivity index (χ0v) is 16.9. The Labute approximate surface area is 159 Å². The number of guanidine groups is 1. The quantitative estimate of drug-likeness (QED) is 0.408. The van der Waals surface area contributed by atoms with Crippen LogP contribution in [0.5, 0.6) is 0 Å². The van der Waals surface area contributed by atoms with E-state index in [4.69, 9.17) is 0 Å². The Morgan fingerprint density at radius 3 is 2.74 bits per heavy atom. The van der Waals surface area contributed by atoms with Gasteiger partial charge >= 0.3 is 0 Å². The van der Waals surface area contributed by atoms with Crippen LogP contribution >= 0.6 is 35.3 Å². The molecule has 126 valence electrons. The van der Waals surface area contributed by atoms with Crippen LogP contribution in [0.25, 0.3) is 0 Å². The molecule has 0 unspecified atom stereocenters. The van der Waals surface area contributed by atoms with Crippen molar-refractivity contribution in [3.63, 3.8) is 0 Å². The summed E-state index contributed by atoms with van der Waals surface area (Å²) in [6, 6.07) is 8.14. The van der Waals surface area contributed by atoms with Crippen molar-refractivity contribution < 1.29 is 0 Å². The number of thiophene rings is 1. The Balaban J connectivity index is 0.00000264. The molecule has 0 saturated heterocycles. The summed E-state index contributed by atoms with van der Waals surface area (Å²) in [7, 11) is 3.98. The van der Waals surface area contributed by atoms with Crippen LogP contribution in [0.2, 0.25) is 0 Å². The first-order valence-corrected chi connectivity index (χ1v) is 8.30. The van der Waals surface area contributed by atoms with Gasteiger partial charge in [-0.15, -0.1) is 24.0 Å². The molecule has 2 heterocycles. The van der Waals surface area contributed by atoms with Crippen molar-refractivity contribution in [2.75, 3.05) is 25.5 Å². The third kappa shape index (κ3) is 6.74. The first kappa shape index (κ1) is 19.7. The van der Waals surface area contributed by atoms with Gasteiger partial charge in [0.15, 0.2) is 5.96 Å². The van der Waals surface area contributed by atoms with E-state index in [2.05, 4.69) is 44.4 Å². The summed E-state index contributed by atoms with van der Waals surface area (Å²) >= 11 is 1.69. The van der Waals surface area contributed by atoms with E-state index in [0.29, 0.717) is 13.1 Å². The second-order valence-corrected chi connectivity index (χ2v) is 5.84. The lowest BCUT2D eigenvalue weighted by Gasteiger charge is -2.14. The predicted molar refractivity (Wildman–Crippen MR) is 110 cm³/mol. The molecule has 0 aliphatic rings. The maximum absolute atomic E-state index is 4.60. The lowest BCUT2D eigenvalue weighted by atomic mass is 10.3. The van der Waals surface area contributed by atoms with Crippen LogP contribution in [0.4, 0.5) is 5.82 Å². The van der Waals surface area contributed by atoms with Gasteiger partial charge in [0.05, 0.1) is 18.8 Å². The molecule has 2 N–H and O–H groups in total. The van der Waals surface area contributed by atoms with E-state index in [1.807, 2.05) is 37.2 Å². The van der Waals surface area contributed by atoms with Gasteiger partial charge in [0.1, 0.15) is 5.82 Å². The summed E-state index contributed by atoms with van der Waals surface area (Å²) < 4.78 is 0. The minimum atomic E-state index is 0. The largest absolute Gasteiger partial charge is 0.363 e.